The second-order valence-corrected chi connectivity index (χ2v) is 7.81. The van der Waals surface area contributed by atoms with Crippen molar-refractivity contribution in [2.24, 2.45) is 0 Å². The van der Waals surface area contributed by atoms with Crippen molar-refractivity contribution in [3.63, 3.8) is 0 Å². The first-order valence-corrected chi connectivity index (χ1v) is 9.95. The van der Waals surface area contributed by atoms with Gasteiger partial charge in [0.05, 0.1) is 6.04 Å². The van der Waals surface area contributed by atoms with Gasteiger partial charge in [-0.2, -0.15) is 0 Å². The zero-order valence-electron chi connectivity index (χ0n) is 14.5. The highest BCUT2D eigenvalue weighted by atomic mass is 32.1. The first-order valence-electron chi connectivity index (χ1n) is 8.19. The van der Waals surface area contributed by atoms with E-state index in [1.54, 1.807) is 11.3 Å². The zero-order valence-corrected chi connectivity index (χ0v) is 16.2. The van der Waals surface area contributed by atoms with E-state index in [1.807, 2.05) is 67.1 Å². The Hall–Kier alpha value is -2.44. The molecule has 0 fully saturated rings. The van der Waals surface area contributed by atoms with Crippen LogP contribution in [-0.2, 0) is 9.53 Å². The highest BCUT2D eigenvalue weighted by Crippen LogP contribution is 2.29. The number of esters is 1. The Bertz CT molecular complexity index is 882. The van der Waals surface area contributed by atoms with Gasteiger partial charge in [0.1, 0.15) is 4.88 Å². The molecular formula is C20H19NO3S2. The lowest BCUT2D eigenvalue weighted by Gasteiger charge is -2.12. The summed E-state index contributed by atoms with van der Waals surface area (Å²) < 4.78 is 5.22. The minimum atomic E-state index is -0.477. The first-order chi connectivity index (χ1) is 12.5. The first kappa shape index (κ1) is 18.4. The van der Waals surface area contributed by atoms with E-state index < -0.39 is 5.97 Å². The van der Waals surface area contributed by atoms with Crippen LogP contribution in [0.5, 0.6) is 0 Å². The van der Waals surface area contributed by atoms with Crippen LogP contribution in [0.2, 0.25) is 0 Å². The molecule has 1 amide bonds. The molecule has 2 aromatic heterocycles. The fourth-order valence-electron chi connectivity index (χ4n) is 2.52. The number of benzene rings is 1. The zero-order chi connectivity index (χ0) is 18.5. The predicted molar refractivity (Wildman–Crippen MR) is 106 cm³/mol. The molecule has 4 nitrogen and oxygen atoms in total. The van der Waals surface area contributed by atoms with E-state index in [2.05, 4.69) is 5.32 Å². The summed E-state index contributed by atoms with van der Waals surface area (Å²) in [4.78, 5) is 26.0. The van der Waals surface area contributed by atoms with Gasteiger partial charge >= 0.3 is 5.97 Å². The van der Waals surface area contributed by atoms with E-state index in [1.165, 1.54) is 11.3 Å². The molecule has 1 atom stereocenters. The monoisotopic (exact) mass is 385 g/mol. The van der Waals surface area contributed by atoms with Gasteiger partial charge in [-0.15, -0.1) is 22.7 Å². The van der Waals surface area contributed by atoms with Crippen LogP contribution in [0.4, 0.5) is 0 Å². The number of carbonyl (C=O) groups excluding carboxylic acids is 2. The van der Waals surface area contributed by atoms with Crippen LogP contribution in [0, 0.1) is 6.92 Å². The minimum Gasteiger partial charge on any atom is -0.451 e. The second kappa shape index (κ2) is 8.29. The van der Waals surface area contributed by atoms with Crippen LogP contribution in [0.15, 0.2) is 53.2 Å². The van der Waals surface area contributed by atoms with Gasteiger partial charge in [-0.05, 0) is 42.3 Å². The number of hydrogen-bond donors (Lipinski definition) is 1. The van der Waals surface area contributed by atoms with Crippen molar-refractivity contribution in [2.45, 2.75) is 19.9 Å². The number of carbonyl (C=O) groups is 2. The lowest BCUT2D eigenvalue weighted by Crippen LogP contribution is -2.30. The van der Waals surface area contributed by atoms with Crippen LogP contribution in [0.3, 0.4) is 0 Å². The Morgan fingerprint density at radius 3 is 2.54 bits per heavy atom. The lowest BCUT2D eigenvalue weighted by atomic mass is 10.1. The maximum Gasteiger partial charge on any atom is 0.349 e. The molecule has 0 aliphatic heterocycles. The van der Waals surface area contributed by atoms with E-state index >= 15 is 0 Å². The molecule has 0 saturated heterocycles. The normalized spacial score (nSPS) is 11.8. The molecule has 6 heteroatoms. The summed E-state index contributed by atoms with van der Waals surface area (Å²) in [5.41, 5.74) is 2.94. The van der Waals surface area contributed by atoms with E-state index in [0.29, 0.717) is 4.88 Å². The van der Waals surface area contributed by atoms with Gasteiger partial charge in [0.2, 0.25) is 0 Å². The van der Waals surface area contributed by atoms with Gasteiger partial charge in [-0.3, -0.25) is 4.79 Å². The molecule has 1 N–H and O–H groups in total. The molecule has 0 radical (unpaired) electrons. The number of ether oxygens (including phenoxy) is 1. The number of thiophene rings is 2. The third-order valence-corrected chi connectivity index (χ3v) is 5.84. The van der Waals surface area contributed by atoms with Crippen molar-refractivity contribution >= 4 is 34.6 Å². The second-order valence-electron chi connectivity index (χ2n) is 5.91. The quantitative estimate of drug-likeness (QED) is 0.619. The van der Waals surface area contributed by atoms with Crippen molar-refractivity contribution in [2.75, 3.05) is 6.61 Å². The summed E-state index contributed by atoms with van der Waals surface area (Å²) in [6, 6.07) is 13.6. The summed E-state index contributed by atoms with van der Waals surface area (Å²) in [7, 11) is 0. The summed E-state index contributed by atoms with van der Waals surface area (Å²) in [5, 5.41) is 6.64. The molecule has 0 unspecified atom stereocenters. The summed E-state index contributed by atoms with van der Waals surface area (Å²) in [5.74, 6) is -0.790. The third-order valence-electron chi connectivity index (χ3n) is 3.90. The summed E-state index contributed by atoms with van der Waals surface area (Å²) >= 11 is 2.89. The van der Waals surface area contributed by atoms with Gasteiger partial charge in [0.15, 0.2) is 6.61 Å². The topological polar surface area (TPSA) is 55.4 Å². The van der Waals surface area contributed by atoms with Gasteiger partial charge in [-0.25, -0.2) is 4.79 Å². The van der Waals surface area contributed by atoms with Crippen LogP contribution < -0.4 is 5.32 Å². The average Bonchev–Trinajstić information content (AvgIpc) is 3.32. The van der Waals surface area contributed by atoms with E-state index in [0.717, 1.165) is 21.6 Å². The van der Waals surface area contributed by atoms with Crippen LogP contribution >= 0.6 is 22.7 Å². The Kier molecular flexibility index (Phi) is 5.85. The van der Waals surface area contributed by atoms with Crippen molar-refractivity contribution in [1.82, 2.24) is 5.32 Å². The van der Waals surface area contributed by atoms with E-state index in [4.69, 9.17) is 4.74 Å². The van der Waals surface area contributed by atoms with E-state index in [-0.39, 0.29) is 18.6 Å². The Morgan fingerprint density at radius 2 is 1.85 bits per heavy atom. The molecule has 0 aliphatic rings. The van der Waals surface area contributed by atoms with Crippen molar-refractivity contribution in [1.29, 1.82) is 0 Å². The third kappa shape index (κ3) is 4.39. The molecule has 0 aliphatic carbocycles. The largest absolute Gasteiger partial charge is 0.451 e. The highest BCUT2D eigenvalue weighted by Gasteiger charge is 2.18. The number of hydrogen-bond acceptors (Lipinski definition) is 5. The van der Waals surface area contributed by atoms with Crippen molar-refractivity contribution in [3.8, 4) is 11.1 Å². The molecule has 0 saturated carbocycles. The molecule has 3 aromatic rings. The molecule has 3 rings (SSSR count). The molecular weight excluding hydrogens is 366 g/mol. The Labute approximate surface area is 160 Å². The van der Waals surface area contributed by atoms with Gasteiger partial charge in [0, 0.05) is 10.4 Å². The maximum atomic E-state index is 12.4. The number of aryl methyl sites for hydroxylation is 1. The van der Waals surface area contributed by atoms with Gasteiger partial charge in [0.25, 0.3) is 5.91 Å². The smallest absolute Gasteiger partial charge is 0.349 e. The number of amides is 1. The minimum absolute atomic E-state index is 0.106. The average molecular weight is 386 g/mol. The SMILES string of the molecule is Cc1ccc(-c2ccsc2C(=O)OCC(=O)N[C@@H](C)c2cccs2)cc1. The fourth-order valence-corrected chi connectivity index (χ4v) is 4.06. The van der Waals surface area contributed by atoms with Crippen LogP contribution in [-0.4, -0.2) is 18.5 Å². The molecule has 0 bridgehead atoms. The summed E-state index contributed by atoms with van der Waals surface area (Å²) in [6.45, 7) is 3.63. The van der Waals surface area contributed by atoms with Gasteiger partial charge < -0.3 is 10.1 Å². The fraction of sp³-hybridized carbons (Fsp3) is 0.200. The van der Waals surface area contributed by atoms with Crippen LogP contribution in [0.25, 0.3) is 11.1 Å². The number of rotatable bonds is 6. The molecule has 1 aromatic carbocycles. The molecule has 134 valence electrons. The molecule has 26 heavy (non-hydrogen) atoms. The highest BCUT2D eigenvalue weighted by molar-refractivity contribution is 7.12. The van der Waals surface area contributed by atoms with Crippen molar-refractivity contribution < 1.29 is 14.3 Å². The van der Waals surface area contributed by atoms with Crippen LogP contribution in [0.1, 0.15) is 33.1 Å². The Balaban J connectivity index is 1.60. The lowest BCUT2D eigenvalue weighted by molar-refractivity contribution is -0.124. The number of nitrogens with one attached hydrogen (secondary N) is 1. The predicted octanol–water partition coefficient (Wildman–Crippen LogP) is 4.82. The van der Waals surface area contributed by atoms with E-state index in [9.17, 15) is 9.59 Å². The van der Waals surface area contributed by atoms with Gasteiger partial charge in [-0.1, -0.05) is 35.9 Å². The molecule has 2 heterocycles. The maximum absolute atomic E-state index is 12.4. The summed E-state index contributed by atoms with van der Waals surface area (Å²) in [6.07, 6.45) is 0. The van der Waals surface area contributed by atoms with Crippen molar-refractivity contribution in [3.05, 3.63) is 68.5 Å². The standard InChI is InChI=1S/C20H19NO3S2/c1-13-5-7-15(8-6-13)16-9-11-26-19(16)20(23)24-12-18(22)21-14(2)17-4-3-10-25-17/h3-11,14H,12H2,1-2H3,(H,21,22)/t14-/m0/s1. The Morgan fingerprint density at radius 1 is 1.08 bits per heavy atom. The molecule has 0 spiro atoms.